The van der Waals surface area contributed by atoms with Crippen molar-refractivity contribution in [2.45, 2.75) is 44.4 Å². The number of nitrogens with one attached hydrogen (secondary N) is 1. The minimum absolute atomic E-state index is 0.0231. The van der Waals surface area contributed by atoms with Crippen molar-refractivity contribution in [3.05, 3.63) is 58.9 Å². The van der Waals surface area contributed by atoms with Crippen molar-refractivity contribution in [2.24, 2.45) is 7.05 Å². The van der Waals surface area contributed by atoms with E-state index >= 15 is 0 Å². The summed E-state index contributed by atoms with van der Waals surface area (Å²) >= 11 is 0. The van der Waals surface area contributed by atoms with Crippen LogP contribution >= 0.6 is 0 Å². The van der Waals surface area contributed by atoms with E-state index < -0.39 is 10.0 Å². The quantitative estimate of drug-likeness (QED) is 0.564. The molecule has 0 spiro atoms. The molecule has 1 N–H and O–H groups in total. The number of nitrogens with zero attached hydrogens (tertiary/aromatic N) is 3. The molecule has 1 unspecified atom stereocenters. The first kappa shape index (κ1) is 23.9. The molecular formula is C24H32N4O3S. The molecule has 0 saturated carbocycles. The van der Waals surface area contributed by atoms with E-state index in [-0.39, 0.29) is 16.7 Å². The van der Waals surface area contributed by atoms with Crippen LogP contribution in [0, 0.1) is 13.8 Å². The van der Waals surface area contributed by atoms with Crippen LogP contribution in [-0.2, 0) is 28.3 Å². The molecule has 0 radical (unpaired) electrons. The highest BCUT2D eigenvalue weighted by Crippen LogP contribution is 2.22. The van der Waals surface area contributed by atoms with Gasteiger partial charge in [0, 0.05) is 40.5 Å². The SMILES string of the molecule is Cc1ccc(C)c(C(C)CNC(=O)CCc2nc3cc(S(=O)(=O)N(C)C)ccc3n2C)c1. The number of sulfonamides is 1. The van der Waals surface area contributed by atoms with E-state index in [1.165, 1.54) is 35.1 Å². The molecular weight excluding hydrogens is 424 g/mol. The normalized spacial score (nSPS) is 13.0. The summed E-state index contributed by atoms with van der Waals surface area (Å²) in [5.41, 5.74) is 5.14. The zero-order valence-electron chi connectivity index (χ0n) is 19.6. The van der Waals surface area contributed by atoms with Crippen molar-refractivity contribution in [2.75, 3.05) is 20.6 Å². The molecule has 0 bridgehead atoms. The van der Waals surface area contributed by atoms with Gasteiger partial charge in [0.1, 0.15) is 5.82 Å². The van der Waals surface area contributed by atoms with E-state index in [0.717, 1.165) is 11.3 Å². The minimum atomic E-state index is -3.52. The molecule has 172 valence electrons. The molecule has 0 aliphatic rings. The zero-order chi connectivity index (χ0) is 23.6. The summed E-state index contributed by atoms with van der Waals surface area (Å²) < 4.78 is 27.9. The molecule has 1 aromatic heterocycles. The van der Waals surface area contributed by atoms with Crippen LogP contribution in [0.2, 0.25) is 0 Å². The summed E-state index contributed by atoms with van der Waals surface area (Å²) in [7, 11) is 1.36. The van der Waals surface area contributed by atoms with Crippen LogP contribution in [0.25, 0.3) is 11.0 Å². The second-order valence-electron chi connectivity index (χ2n) is 8.59. The molecule has 0 aliphatic carbocycles. The predicted octanol–water partition coefficient (Wildman–Crippen LogP) is 3.29. The van der Waals surface area contributed by atoms with E-state index in [1.807, 2.05) is 11.6 Å². The van der Waals surface area contributed by atoms with Crippen molar-refractivity contribution in [3.8, 4) is 0 Å². The molecule has 0 saturated heterocycles. The summed E-state index contributed by atoms with van der Waals surface area (Å²) in [5, 5.41) is 3.03. The number of hydrogen-bond acceptors (Lipinski definition) is 4. The number of hydrogen-bond donors (Lipinski definition) is 1. The number of aromatic nitrogens is 2. The Morgan fingerprint density at radius 1 is 1.16 bits per heavy atom. The van der Waals surface area contributed by atoms with Gasteiger partial charge in [-0.15, -0.1) is 0 Å². The van der Waals surface area contributed by atoms with Gasteiger partial charge in [-0.3, -0.25) is 4.79 Å². The van der Waals surface area contributed by atoms with E-state index in [9.17, 15) is 13.2 Å². The summed E-state index contributed by atoms with van der Waals surface area (Å²) in [5.74, 6) is 0.953. The second kappa shape index (κ2) is 9.42. The number of rotatable bonds is 8. The lowest BCUT2D eigenvalue weighted by atomic mass is 9.94. The van der Waals surface area contributed by atoms with Crippen LogP contribution in [0.5, 0.6) is 0 Å². The van der Waals surface area contributed by atoms with Crippen LogP contribution in [0.3, 0.4) is 0 Å². The van der Waals surface area contributed by atoms with Gasteiger partial charge in [0.15, 0.2) is 0 Å². The number of aryl methyl sites for hydroxylation is 4. The van der Waals surface area contributed by atoms with Crippen LogP contribution < -0.4 is 5.32 Å². The van der Waals surface area contributed by atoms with Gasteiger partial charge in [0.2, 0.25) is 15.9 Å². The summed E-state index contributed by atoms with van der Waals surface area (Å²) in [6, 6.07) is 11.3. The second-order valence-corrected chi connectivity index (χ2v) is 10.7. The van der Waals surface area contributed by atoms with Gasteiger partial charge in [-0.2, -0.15) is 0 Å². The molecule has 7 nitrogen and oxygen atoms in total. The van der Waals surface area contributed by atoms with Crippen molar-refractivity contribution >= 4 is 27.0 Å². The lowest BCUT2D eigenvalue weighted by Gasteiger charge is -2.16. The highest BCUT2D eigenvalue weighted by atomic mass is 32.2. The maximum absolute atomic E-state index is 12.5. The van der Waals surface area contributed by atoms with E-state index in [1.54, 1.807) is 18.2 Å². The van der Waals surface area contributed by atoms with Crippen LogP contribution in [0.15, 0.2) is 41.3 Å². The number of amides is 1. The van der Waals surface area contributed by atoms with E-state index in [4.69, 9.17) is 0 Å². The lowest BCUT2D eigenvalue weighted by molar-refractivity contribution is -0.121. The van der Waals surface area contributed by atoms with Crippen LogP contribution in [-0.4, -0.2) is 48.8 Å². The molecule has 0 fully saturated rings. The van der Waals surface area contributed by atoms with Crippen molar-refractivity contribution in [1.29, 1.82) is 0 Å². The Hall–Kier alpha value is -2.71. The first-order valence-corrected chi connectivity index (χ1v) is 12.2. The predicted molar refractivity (Wildman–Crippen MR) is 127 cm³/mol. The van der Waals surface area contributed by atoms with E-state index in [0.29, 0.717) is 24.9 Å². The fraction of sp³-hybridized carbons (Fsp3) is 0.417. The summed E-state index contributed by atoms with van der Waals surface area (Å²) in [6.07, 6.45) is 0.796. The third-order valence-electron chi connectivity index (χ3n) is 5.87. The number of imidazole rings is 1. The molecule has 1 amide bonds. The molecule has 0 aliphatic heterocycles. The maximum Gasteiger partial charge on any atom is 0.242 e. The standard InChI is InChI=1S/C24H32N4O3S/c1-16-7-8-17(2)20(13-16)18(3)15-25-24(29)12-11-23-26-21-14-19(32(30,31)27(4)5)9-10-22(21)28(23)6/h7-10,13-14,18H,11-12,15H2,1-6H3,(H,25,29). The average molecular weight is 457 g/mol. The Labute approximate surface area is 190 Å². The van der Waals surface area contributed by atoms with Crippen LogP contribution in [0.4, 0.5) is 0 Å². The molecule has 2 aromatic carbocycles. The van der Waals surface area contributed by atoms with Crippen LogP contribution in [0.1, 0.15) is 41.8 Å². The third kappa shape index (κ3) is 5.02. The average Bonchev–Trinajstić information content (AvgIpc) is 3.07. The maximum atomic E-state index is 12.5. The van der Waals surface area contributed by atoms with Gasteiger partial charge in [-0.25, -0.2) is 17.7 Å². The number of benzene rings is 2. The molecule has 8 heteroatoms. The highest BCUT2D eigenvalue weighted by molar-refractivity contribution is 7.89. The Morgan fingerprint density at radius 2 is 1.88 bits per heavy atom. The Bertz CT molecular complexity index is 1250. The smallest absolute Gasteiger partial charge is 0.242 e. The molecule has 32 heavy (non-hydrogen) atoms. The van der Waals surface area contributed by atoms with Gasteiger partial charge in [0.25, 0.3) is 0 Å². The summed E-state index contributed by atoms with van der Waals surface area (Å²) in [6.45, 7) is 6.86. The van der Waals surface area contributed by atoms with Gasteiger partial charge in [0.05, 0.1) is 15.9 Å². The molecule has 1 heterocycles. The van der Waals surface area contributed by atoms with E-state index in [2.05, 4.69) is 49.3 Å². The molecule has 1 atom stereocenters. The van der Waals surface area contributed by atoms with Gasteiger partial charge >= 0.3 is 0 Å². The topological polar surface area (TPSA) is 84.3 Å². The fourth-order valence-electron chi connectivity index (χ4n) is 3.81. The first-order valence-electron chi connectivity index (χ1n) is 10.7. The minimum Gasteiger partial charge on any atom is -0.355 e. The Kier molecular flexibility index (Phi) is 7.05. The number of carbonyl (C=O) groups excluding carboxylic acids is 1. The van der Waals surface area contributed by atoms with Crippen molar-refractivity contribution in [1.82, 2.24) is 19.2 Å². The highest BCUT2D eigenvalue weighted by Gasteiger charge is 2.19. The lowest BCUT2D eigenvalue weighted by Crippen LogP contribution is -2.28. The first-order chi connectivity index (χ1) is 15.0. The third-order valence-corrected chi connectivity index (χ3v) is 7.68. The largest absolute Gasteiger partial charge is 0.355 e. The fourth-order valence-corrected chi connectivity index (χ4v) is 4.73. The van der Waals surface area contributed by atoms with Gasteiger partial charge in [-0.05, 0) is 49.1 Å². The molecule has 3 aromatic rings. The Balaban J connectivity index is 1.65. The molecule has 3 rings (SSSR count). The number of fused-ring (bicyclic) bond motifs is 1. The number of carbonyl (C=O) groups is 1. The Morgan fingerprint density at radius 3 is 2.56 bits per heavy atom. The van der Waals surface area contributed by atoms with Crippen molar-refractivity contribution < 1.29 is 13.2 Å². The monoisotopic (exact) mass is 456 g/mol. The van der Waals surface area contributed by atoms with Gasteiger partial charge in [-0.1, -0.05) is 30.7 Å². The summed E-state index contributed by atoms with van der Waals surface area (Å²) in [4.78, 5) is 17.2. The van der Waals surface area contributed by atoms with Gasteiger partial charge < -0.3 is 9.88 Å². The zero-order valence-corrected chi connectivity index (χ0v) is 20.5. The van der Waals surface area contributed by atoms with Crippen molar-refractivity contribution in [3.63, 3.8) is 0 Å².